The summed E-state index contributed by atoms with van der Waals surface area (Å²) in [7, 11) is -2.04. The van der Waals surface area contributed by atoms with Gasteiger partial charge in [0.25, 0.3) is 0 Å². The topological polar surface area (TPSA) is 44.9 Å². The second-order valence-corrected chi connectivity index (χ2v) is 6.99. The predicted octanol–water partition coefficient (Wildman–Crippen LogP) is 3.75. The quantitative estimate of drug-likeness (QED) is 0.681. The van der Waals surface area contributed by atoms with Gasteiger partial charge in [-0.2, -0.15) is 0 Å². The molecule has 0 amide bonds. The number of aromatic nitrogens is 1. The second-order valence-electron chi connectivity index (χ2n) is 5.50. The highest BCUT2D eigenvalue weighted by Gasteiger charge is 2.12. The van der Waals surface area contributed by atoms with E-state index in [9.17, 15) is 4.46 Å². The Bertz CT molecular complexity index is 777. The Morgan fingerprint density at radius 2 is 1.86 bits per heavy atom. The van der Waals surface area contributed by atoms with Crippen molar-refractivity contribution in [3.8, 4) is 0 Å². The molecular formula is C18H20N2OSi. The Morgan fingerprint density at radius 3 is 2.64 bits per heavy atom. The van der Waals surface area contributed by atoms with Gasteiger partial charge < -0.3 is 14.4 Å². The molecule has 0 fully saturated rings. The maximum Gasteiger partial charge on any atom is 0.433 e. The van der Waals surface area contributed by atoms with Crippen LogP contribution in [-0.4, -0.2) is 13.8 Å². The lowest BCUT2D eigenvalue weighted by Gasteiger charge is -2.04. The molecule has 3 rings (SSSR count). The van der Waals surface area contributed by atoms with Crippen LogP contribution in [-0.2, 0) is 10.9 Å². The highest BCUT2D eigenvalue weighted by atomic mass is 28.3. The molecule has 0 aliphatic rings. The molecule has 0 spiro atoms. The van der Waals surface area contributed by atoms with Crippen molar-refractivity contribution in [3.63, 3.8) is 0 Å². The molecule has 3 aromatic rings. The zero-order chi connectivity index (χ0) is 15.4. The summed E-state index contributed by atoms with van der Waals surface area (Å²) in [5.41, 5.74) is 3.26. The molecular weight excluding hydrogens is 288 g/mol. The third-order valence-electron chi connectivity index (χ3n) is 3.87. The summed E-state index contributed by atoms with van der Waals surface area (Å²) in [5, 5.41) is 1.94. The van der Waals surface area contributed by atoms with Crippen molar-refractivity contribution in [2.24, 2.45) is 0 Å². The van der Waals surface area contributed by atoms with Crippen molar-refractivity contribution in [2.45, 2.75) is 26.2 Å². The second kappa shape index (κ2) is 6.71. The average Bonchev–Trinajstić information content (AvgIpc) is 2.96. The van der Waals surface area contributed by atoms with Crippen molar-refractivity contribution in [2.75, 3.05) is 4.98 Å². The number of rotatable bonds is 6. The number of benzene rings is 2. The molecule has 22 heavy (non-hydrogen) atoms. The van der Waals surface area contributed by atoms with Gasteiger partial charge in [0.15, 0.2) is 0 Å². The lowest BCUT2D eigenvalue weighted by atomic mass is 10.1. The van der Waals surface area contributed by atoms with Crippen LogP contribution < -0.4 is 10.2 Å². The molecule has 4 heteroatoms. The summed E-state index contributed by atoms with van der Waals surface area (Å²) in [6.07, 6.45) is 5.36. The number of aromatic amines is 1. The van der Waals surface area contributed by atoms with Crippen LogP contribution >= 0.6 is 0 Å². The Hall–Kier alpha value is -2.20. The lowest BCUT2D eigenvalue weighted by molar-refractivity contribution is 0.572. The molecule has 0 aliphatic heterocycles. The number of unbranched alkanes of at least 4 members (excludes halogenated alkanes) is 1. The van der Waals surface area contributed by atoms with Gasteiger partial charge in [0.1, 0.15) is 0 Å². The Labute approximate surface area is 132 Å². The van der Waals surface area contributed by atoms with Crippen LogP contribution in [0.5, 0.6) is 0 Å². The molecule has 1 aromatic heterocycles. The molecule has 0 unspecified atom stereocenters. The van der Waals surface area contributed by atoms with E-state index in [1.54, 1.807) is 0 Å². The summed E-state index contributed by atoms with van der Waals surface area (Å²) in [6.45, 7) is 2.19. The van der Waals surface area contributed by atoms with Crippen LogP contribution in [0.1, 0.15) is 25.3 Å². The van der Waals surface area contributed by atoms with Crippen molar-refractivity contribution in [1.29, 1.82) is 0 Å². The molecule has 0 aliphatic carbocycles. The summed E-state index contributed by atoms with van der Waals surface area (Å²) < 4.78 is 12.5. The molecule has 2 N–H and O–H groups in total. The van der Waals surface area contributed by atoms with Gasteiger partial charge in [-0.25, -0.2) is 0 Å². The first-order chi connectivity index (χ1) is 10.8. The number of hydrogen-bond donors (Lipinski definition) is 2. The molecule has 0 saturated carbocycles. The predicted molar refractivity (Wildman–Crippen MR) is 93.0 cm³/mol. The average molecular weight is 308 g/mol. The Morgan fingerprint density at radius 1 is 1.09 bits per heavy atom. The van der Waals surface area contributed by atoms with Gasteiger partial charge in [0.2, 0.25) is 0 Å². The van der Waals surface area contributed by atoms with Gasteiger partial charge in [0.05, 0.1) is 5.69 Å². The standard InChI is InChI=1S/C18H20N2OSi/c1-2-3-6-14-9-11-15(12-10-14)22(21)20-18-13-19-17-8-5-4-7-16(17)18/h4-5,7-13,19-20H,2-3,6H2,1H3. The molecule has 3 nitrogen and oxygen atoms in total. The summed E-state index contributed by atoms with van der Waals surface area (Å²) in [4.78, 5) is 6.35. The van der Waals surface area contributed by atoms with Gasteiger partial charge in [0, 0.05) is 22.3 Å². The van der Waals surface area contributed by atoms with E-state index in [4.69, 9.17) is 0 Å². The first-order valence-corrected chi connectivity index (χ1v) is 9.15. The maximum atomic E-state index is 12.5. The van der Waals surface area contributed by atoms with Crippen LogP contribution in [0.4, 0.5) is 5.69 Å². The minimum absolute atomic E-state index is 0.871. The number of anilines is 1. The first-order valence-electron chi connectivity index (χ1n) is 7.74. The molecule has 1 heterocycles. The number of H-pyrrole nitrogens is 1. The first kappa shape index (κ1) is 14.7. The van der Waals surface area contributed by atoms with Crippen LogP contribution in [0.15, 0.2) is 54.7 Å². The Kier molecular flexibility index (Phi) is 4.49. The minimum Gasteiger partial charge on any atom is -0.359 e. The van der Waals surface area contributed by atoms with Crippen LogP contribution in [0.3, 0.4) is 0 Å². The van der Waals surface area contributed by atoms with Gasteiger partial charge in [-0.3, -0.25) is 0 Å². The number of aryl methyl sites for hydroxylation is 1. The lowest BCUT2D eigenvalue weighted by Crippen LogP contribution is -2.29. The van der Waals surface area contributed by atoms with E-state index in [1.807, 2.05) is 42.6 Å². The summed E-state index contributed by atoms with van der Waals surface area (Å²) >= 11 is 0. The molecule has 0 bridgehead atoms. The number of hydrogen-bond acceptors (Lipinski definition) is 1. The summed E-state index contributed by atoms with van der Waals surface area (Å²) in [6, 6.07) is 16.1. The maximum absolute atomic E-state index is 12.5. The third-order valence-corrected chi connectivity index (χ3v) is 5.23. The largest absolute Gasteiger partial charge is 0.433 e. The van der Waals surface area contributed by atoms with Crippen LogP contribution in [0.25, 0.3) is 10.9 Å². The Balaban J connectivity index is 1.74. The van der Waals surface area contributed by atoms with E-state index in [-0.39, 0.29) is 0 Å². The van der Waals surface area contributed by atoms with Crippen molar-refractivity contribution < 1.29 is 4.46 Å². The number of para-hydroxylation sites is 1. The van der Waals surface area contributed by atoms with E-state index in [2.05, 4.69) is 29.0 Å². The van der Waals surface area contributed by atoms with Crippen molar-refractivity contribution in [3.05, 3.63) is 60.3 Å². The van der Waals surface area contributed by atoms with Gasteiger partial charge in [-0.15, -0.1) is 0 Å². The van der Waals surface area contributed by atoms with Gasteiger partial charge in [-0.05, 0) is 24.5 Å². The molecule has 0 saturated heterocycles. The van der Waals surface area contributed by atoms with Gasteiger partial charge >= 0.3 is 8.84 Å². The highest BCUT2D eigenvalue weighted by Crippen LogP contribution is 2.22. The van der Waals surface area contributed by atoms with E-state index in [0.29, 0.717) is 0 Å². The zero-order valence-corrected chi connectivity index (χ0v) is 13.7. The van der Waals surface area contributed by atoms with Crippen LogP contribution in [0, 0.1) is 0 Å². The minimum atomic E-state index is -2.04. The zero-order valence-electron chi connectivity index (χ0n) is 12.7. The van der Waals surface area contributed by atoms with Crippen molar-refractivity contribution in [1.82, 2.24) is 4.98 Å². The molecule has 0 radical (unpaired) electrons. The molecule has 0 atom stereocenters. The van der Waals surface area contributed by atoms with E-state index in [1.165, 1.54) is 18.4 Å². The van der Waals surface area contributed by atoms with Crippen molar-refractivity contribution >= 4 is 30.6 Å². The fourth-order valence-electron chi connectivity index (χ4n) is 2.57. The van der Waals surface area contributed by atoms with E-state index < -0.39 is 8.84 Å². The van der Waals surface area contributed by atoms with E-state index in [0.717, 1.165) is 28.2 Å². The molecule has 112 valence electrons. The molecule has 2 aromatic carbocycles. The SMILES string of the molecule is CCCCc1ccc([Si](=O)Nc2c[nH]c3ccccc23)cc1. The third kappa shape index (κ3) is 3.17. The van der Waals surface area contributed by atoms with Gasteiger partial charge in [-0.1, -0.05) is 55.8 Å². The smallest absolute Gasteiger partial charge is 0.359 e. The van der Waals surface area contributed by atoms with E-state index >= 15 is 0 Å². The number of fused-ring (bicyclic) bond motifs is 1. The summed E-state index contributed by atoms with van der Waals surface area (Å²) in [5.74, 6) is 0. The number of nitrogens with one attached hydrogen (secondary N) is 2. The fraction of sp³-hybridized carbons (Fsp3) is 0.222. The van der Waals surface area contributed by atoms with Crippen LogP contribution in [0.2, 0.25) is 0 Å². The monoisotopic (exact) mass is 308 g/mol. The highest BCUT2D eigenvalue weighted by molar-refractivity contribution is 6.63. The normalized spacial score (nSPS) is 10.8. The fourth-order valence-corrected chi connectivity index (χ4v) is 3.64.